The molecule has 0 amide bonds. The molecule has 0 unspecified atom stereocenters. The lowest BCUT2D eigenvalue weighted by Gasteiger charge is -2.04. The van der Waals surface area contributed by atoms with Gasteiger partial charge in [0.2, 0.25) is 0 Å². The van der Waals surface area contributed by atoms with Gasteiger partial charge in [-0.15, -0.1) is 0 Å². The Morgan fingerprint density at radius 1 is 1.47 bits per heavy atom. The molecule has 80 valence electrons. The Morgan fingerprint density at radius 2 is 2.27 bits per heavy atom. The highest BCUT2D eigenvalue weighted by Gasteiger charge is 2.09. The first-order valence-corrected chi connectivity index (χ1v) is 4.96. The number of aliphatic hydroxyl groups excluding tert-OH is 1. The van der Waals surface area contributed by atoms with Gasteiger partial charge in [-0.2, -0.15) is 0 Å². The Kier molecular flexibility index (Phi) is 2.68. The van der Waals surface area contributed by atoms with Crippen LogP contribution in [0.2, 0.25) is 0 Å². The fourth-order valence-electron chi connectivity index (χ4n) is 1.74. The summed E-state index contributed by atoms with van der Waals surface area (Å²) in [7, 11) is 0. The van der Waals surface area contributed by atoms with Crippen molar-refractivity contribution in [2.24, 2.45) is 0 Å². The normalized spacial score (nSPS) is 11.1. The minimum atomic E-state index is -0.293. The average Bonchev–Trinajstić information content (AvgIpc) is 2.54. The van der Waals surface area contributed by atoms with E-state index >= 15 is 0 Å². The molecule has 0 radical (unpaired) electrons. The molecule has 0 saturated carbocycles. The van der Waals surface area contributed by atoms with Crippen molar-refractivity contribution in [2.45, 2.75) is 19.9 Å². The van der Waals surface area contributed by atoms with E-state index in [4.69, 9.17) is 5.11 Å². The van der Waals surface area contributed by atoms with Gasteiger partial charge >= 0.3 is 0 Å². The Bertz CT molecular complexity index is 479. The Labute approximate surface area is 87.2 Å². The Hall–Kier alpha value is -1.42. The molecular formula is C11H13FN2O. The summed E-state index contributed by atoms with van der Waals surface area (Å²) in [6.45, 7) is 2.65. The number of imidazole rings is 1. The predicted molar refractivity (Wildman–Crippen MR) is 56.1 cm³/mol. The van der Waals surface area contributed by atoms with Gasteiger partial charge in [0.25, 0.3) is 0 Å². The summed E-state index contributed by atoms with van der Waals surface area (Å²) < 4.78 is 15.3. The first-order chi connectivity index (χ1) is 7.24. The lowest BCUT2D eigenvalue weighted by Crippen LogP contribution is -2.02. The summed E-state index contributed by atoms with van der Waals surface area (Å²) in [5.74, 6) is 0.488. The van der Waals surface area contributed by atoms with Crippen LogP contribution in [-0.2, 0) is 6.54 Å². The van der Waals surface area contributed by atoms with Crippen molar-refractivity contribution in [1.82, 2.24) is 9.55 Å². The van der Waals surface area contributed by atoms with Gasteiger partial charge in [-0.25, -0.2) is 9.37 Å². The summed E-state index contributed by atoms with van der Waals surface area (Å²) in [5, 5.41) is 8.77. The molecule has 1 N–H and O–H groups in total. The summed E-state index contributed by atoms with van der Waals surface area (Å²) in [6, 6.07) is 4.93. The van der Waals surface area contributed by atoms with E-state index in [-0.39, 0.29) is 12.4 Å². The van der Waals surface area contributed by atoms with E-state index < -0.39 is 0 Å². The van der Waals surface area contributed by atoms with Crippen LogP contribution in [0.5, 0.6) is 0 Å². The van der Waals surface area contributed by atoms with E-state index in [0.717, 1.165) is 11.3 Å². The zero-order valence-corrected chi connectivity index (χ0v) is 8.57. The van der Waals surface area contributed by atoms with Crippen molar-refractivity contribution < 1.29 is 9.50 Å². The molecule has 1 heterocycles. The molecule has 0 saturated heterocycles. The van der Waals surface area contributed by atoms with E-state index in [2.05, 4.69) is 4.98 Å². The first-order valence-electron chi connectivity index (χ1n) is 4.96. The molecule has 15 heavy (non-hydrogen) atoms. The average molecular weight is 208 g/mol. The number of rotatable bonds is 3. The minimum absolute atomic E-state index is 0.133. The van der Waals surface area contributed by atoms with Gasteiger partial charge in [0, 0.05) is 13.2 Å². The van der Waals surface area contributed by atoms with Gasteiger partial charge in [-0.05, 0) is 25.5 Å². The monoisotopic (exact) mass is 208 g/mol. The van der Waals surface area contributed by atoms with Crippen LogP contribution >= 0.6 is 0 Å². The van der Waals surface area contributed by atoms with E-state index in [1.807, 2.05) is 17.6 Å². The van der Waals surface area contributed by atoms with Gasteiger partial charge in [0.15, 0.2) is 5.82 Å². The molecule has 4 heteroatoms. The summed E-state index contributed by atoms with van der Waals surface area (Å²) in [4.78, 5) is 4.17. The lowest BCUT2D eigenvalue weighted by atomic mass is 10.3. The first kappa shape index (κ1) is 10.1. The van der Waals surface area contributed by atoms with Crippen LogP contribution in [0.25, 0.3) is 11.0 Å². The second-order valence-corrected chi connectivity index (χ2v) is 3.50. The molecule has 2 rings (SSSR count). The number of hydrogen-bond acceptors (Lipinski definition) is 2. The number of aryl methyl sites for hydroxylation is 2. The quantitative estimate of drug-likeness (QED) is 0.836. The number of hydrogen-bond donors (Lipinski definition) is 1. The molecule has 0 bridgehead atoms. The number of aromatic nitrogens is 2. The number of halogens is 1. The van der Waals surface area contributed by atoms with Crippen molar-refractivity contribution >= 4 is 11.0 Å². The molecule has 2 aromatic rings. The highest BCUT2D eigenvalue weighted by molar-refractivity contribution is 5.76. The highest BCUT2D eigenvalue weighted by atomic mass is 19.1. The fraction of sp³-hybridized carbons (Fsp3) is 0.364. The van der Waals surface area contributed by atoms with Crippen molar-refractivity contribution in [1.29, 1.82) is 0 Å². The van der Waals surface area contributed by atoms with E-state index in [9.17, 15) is 4.39 Å². The second kappa shape index (κ2) is 3.98. The number of nitrogens with zero attached hydrogens (tertiary/aromatic N) is 2. The van der Waals surface area contributed by atoms with Gasteiger partial charge in [-0.1, -0.05) is 6.07 Å². The SMILES string of the molecule is Cc1nc2c(F)cccc2n1CCCO. The zero-order chi connectivity index (χ0) is 10.8. The van der Waals surface area contributed by atoms with Crippen LogP contribution in [0.1, 0.15) is 12.2 Å². The molecule has 0 aliphatic carbocycles. The summed E-state index contributed by atoms with van der Waals surface area (Å²) in [6.07, 6.45) is 0.656. The van der Waals surface area contributed by atoms with Crippen molar-refractivity contribution in [3.05, 3.63) is 29.8 Å². The number of aliphatic hydroxyl groups is 1. The summed E-state index contributed by atoms with van der Waals surface area (Å²) >= 11 is 0. The molecule has 0 aliphatic heterocycles. The predicted octanol–water partition coefficient (Wildman–Crippen LogP) is 1.87. The molecule has 3 nitrogen and oxygen atoms in total. The molecule has 0 aliphatic rings. The lowest BCUT2D eigenvalue weighted by molar-refractivity contribution is 0.280. The molecule has 0 fully saturated rings. The largest absolute Gasteiger partial charge is 0.396 e. The standard InChI is InChI=1S/C11H13FN2O/c1-8-13-11-9(12)4-2-5-10(11)14(8)6-3-7-15/h2,4-5,15H,3,6-7H2,1H3. The fourth-order valence-corrected chi connectivity index (χ4v) is 1.74. The zero-order valence-electron chi connectivity index (χ0n) is 8.57. The van der Waals surface area contributed by atoms with Gasteiger partial charge in [0.05, 0.1) is 5.52 Å². The molecule has 1 aromatic carbocycles. The summed E-state index contributed by atoms with van der Waals surface area (Å²) in [5.41, 5.74) is 1.20. The van der Waals surface area contributed by atoms with Crippen molar-refractivity contribution in [3.63, 3.8) is 0 Å². The second-order valence-electron chi connectivity index (χ2n) is 3.50. The number of benzene rings is 1. The third-order valence-corrected chi connectivity index (χ3v) is 2.46. The maximum absolute atomic E-state index is 13.4. The van der Waals surface area contributed by atoms with Gasteiger partial charge in [0.1, 0.15) is 11.3 Å². The highest BCUT2D eigenvalue weighted by Crippen LogP contribution is 2.18. The van der Waals surface area contributed by atoms with E-state index in [1.54, 1.807) is 6.07 Å². The van der Waals surface area contributed by atoms with Gasteiger partial charge < -0.3 is 9.67 Å². The van der Waals surface area contributed by atoms with Gasteiger partial charge in [-0.3, -0.25) is 0 Å². The maximum Gasteiger partial charge on any atom is 0.151 e. The minimum Gasteiger partial charge on any atom is -0.396 e. The number of para-hydroxylation sites is 1. The topological polar surface area (TPSA) is 38.0 Å². The van der Waals surface area contributed by atoms with Crippen LogP contribution in [0.3, 0.4) is 0 Å². The Morgan fingerprint density at radius 3 is 3.00 bits per heavy atom. The van der Waals surface area contributed by atoms with Crippen LogP contribution < -0.4 is 0 Å². The molecule has 0 spiro atoms. The maximum atomic E-state index is 13.4. The van der Waals surface area contributed by atoms with Crippen molar-refractivity contribution in [3.8, 4) is 0 Å². The van der Waals surface area contributed by atoms with Crippen LogP contribution in [0, 0.1) is 12.7 Å². The van der Waals surface area contributed by atoms with Crippen LogP contribution in [0.4, 0.5) is 4.39 Å². The van der Waals surface area contributed by atoms with Crippen LogP contribution in [0.15, 0.2) is 18.2 Å². The molecular weight excluding hydrogens is 195 g/mol. The smallest absolute Gasteiger partial charge is 0.151 e. The van der Waals surface area contributed by atoms with Crippen LogP contribution in [-0.4, -0.2) is 21.3 Å². The third-order valence-electron chi connectivity index (χ3n) is 2.46. The van der Waals surface area contributed by atoms with Crippen molar-refractivity contribution in [2.75, 3.05) is 6.61 Å². The molecule has 1 aromatic heterocycles. The Balaban J connectivity index is 2.53. The third kappa shape index (κ3) is 1.72. The number of fused-ring (bicyclic) bond motifs is 1. The van der Waals surface area contributed by atoms with E-state index in [1.165, 1.54) is 6.07 Å². The molecule has 0 atom stereocenters. The van der Waals surface area contributed by atoms with E-state index in [0.29, 0.717) is 18.5 Å².